The lowest BCUT2D eigenvalue weighted by Crippen LogP contribution is -2.46. The molecule has 4 rings (SSSR count). The van der Waals surface area contributed by atoms with Crippen molar-refractivity contribution in [2.24, 2.45) is 0 Å². The van der Waals surface area contributed by atoms with Crippen molar-refractivity contribution in [2.45, 2.75) is 38.0 Å². The summed E-state index contributed by atoms with van der Waals surface area (Å²) in [5, 5.41) is 10.9. The molecule has 190 valence electrons. The van der Waals surface area contributed by atoms with Crippen molar-refractivity contribution in [1.82, 2.24) is 4.90 Å². The van der Waals surface area contributed by atoms with Crippen LogP contribution in [0, 0.1) is 0 Å². The highest BCUT2D eigenvalue weighted by molar-refractivity contribution is 6.42. The minimum Gasteiger partial charge on any atom is -0.493 e. The van der Waals surface area contributed by atoms with E-state index in [2.05, 4.69) is 0 Å². The Kier molecular flexibility index (Phi) is 8.62. The predicted octanol–water partition coefficient (Wildman–Crippen LogP) is 6.62. The minimum absolute atomic E-state index is 0.344. The number of carboxylic acid groups (broad SMARTS) is 1. The van der Waals surface area contributed by atoms with Crippen molar-refractivity contribution in [3.63, 3.8) is 0 Å². The van der Waals surface area contributed by atoms with Gasteiger partial charge in [-0.2, -0.15) is 0 Å². The Labute approximate surface area is 221 Å². The van der Waals surface area contributed by atoms with E-state index < -0.39 is 18.1 Å². The molecule has 6 nitrogen and oxygen atoms in total. The van der Waals surface area contributed by atoms with Crippen LogP contribution in [0.4, 0.5) is 0 Å². The molecule has 0 spiro atoms. The van der Waals surface area contributed by atoms with E-state index in [1.54, 1.807) is 26.4 Å². The van der Waals surface area contributed by atoms with Gasteiger partial charge in [0.1, 0.15) is 12.6 Å². The molecule has 0 aromatic heterocycles. The number of hydrogen-bond acceptors (Lipinski definition) is 5. The van der Waals surface area contributed by atoms with Crippen molar-refractivity contribution >= 4 is 29.2 Å². The molecule has 36 heavy (non-hydrogen) atoms. The van der Waals surface area contributed by atoms with Crippen LogP contribution in [0.1, 0.15) is 42.0 Å². The van der Waals surface area contributed by atoms with Gasteiger partial charge in [0.05, 0.1) is 30.3 Å². The lowest BCUT2D eigenvalue weighted by Gasteiger charge is -2.40. The maximum absolute atomic E-state index is 12.2. The number of hydrogen-bond donors (Lipinski definition) is 1. The highest BCUT2D eigenvalue weighted by Gasteiger charge is 2.36. The number of piperidine rings is 1. The summed E-state index contributed by atoms with van der Waals surface area (Å²) in [5.74, 6) is 0.624. The smallest absolute Gasteiger partial charge is 0.320 e. The van der Waals surface area contributed by atoms with Crippen LogP contribution in [0.3, 0.4) is 0 Å². The van der Waals surface area contributed by atoms with Crippen LogP contribution < -0.4 is 14.2 Å². The van der Waals surface area contributed by atoms with Crippen LogP contribution in [0.25, 0.3) is 0 Å². The van der Waals surface area contributed by atoms with Crippen molar-refractivity contribution < 1.29 is 24.1 Å². The third-order valence-electron chi connectivity index (χ3n) is 6.44. The van der Waals surface area contributed by atoms with Gasteiger partial charge in [-0.3, -0.25) is 9.69 Å². The number of likely N-dealkylation sites (tertiary alicyclic amines) is 1. The molecule has 3 aromatic rings. The van der Waals surface area contributed by atoms with E-state index >= 15 is 0 Å². The van der Waals surface area contributed by atoms with E-state index in [4.69, 9.17) is 37.4 Å². The molecule has 0 aliphatic carbocycles. The van der Waals surface area contributed by atoms with E-state index in [0.717, 1.165) is 29.5 Å². The average Bonchev–Trinajstić information content (AvgIpc) is 2.90. The SMILES string of the molecule is COc1cc(C(c2ccc(Cl)c(Cl)c2)N2CCCCC2C(=O)O)cc(OC)c1OCc1ccccc1. The summed E-state index contributed by atoms with van der Waals surface area (Å²) >= 11 is 12.6. The zero-order valence-corrected chi connectivity index (χ0v) is 21.8. The van der Waals surface area contributed by atoms with Gasteiger partial charge >= 0.3 is 5.97 Å². The molecule has 0 saturated carbocycles. The van der Waals surface area contributed by atoms with Crippen LogP contribution >= 0.6 is 23.2 Å². The lowest BCUT2D eigenvalue weighted by molar-refractivity contribution is -0.145. The molecule has 0 bridgehead atoms. The van der Waals surface area contributed by atoms with Gasteiger partial charge in [-0.1, -0.05) is 66.0 Å². The summed E-state index contributed by atoms with van der Waals surface area (Å²) in [6.45, 7) is 0.967. The molecule has 1 N–H and O–H groups in total. The largest absolute Gasteiger partial charge is 0.493 e. The summed E-state index contributed by atoms with van der Waals surface area (Å²) in [4.78, 5) is 14.2. The van der Waals surface area contributed by atoms with E-state index in [9.17, 15) is 9.90 Å². The van der Waals surface area contributed by atoms with Gasteiger partial charge in [-0.05, 0) is 60.3 Å². The standard InChI is InChI=1S/C28H29Cl2NO5/c1-34-24-15-20(16-25(35-2)27(24)36-17-18-8-4-3-5-9-18)26(19-11-12-21(29)22(30)14-19)31-13-7-6-10-23(31)28(32)33/h3-5,8-9,11-12,14-16,23,26H,6-7,10,13,17H2,1-2H3,(H,32,33). The average molecular weight is 530 g/mol. The van der Waals surface area contributed by atoms with E-state index in [-0.39, 0.29) is 0 Å². The Morgan fingerprint density at radius 3 is 2.28 bits per heavy atom. The topological polar surface area (TPSA) is 68.2 Å². The molecular formula is C28H29Cl2NO5. The summed E-state index contributed by atoms with van der Waals surface area (Å²) in [6, 6.07) is 17.9. The first-order chi connectivity index (χ1) is 17.4. The maximum Gasteiger partial charge on any atom is 0.320 e. The third-order valence-corrected chi connectivity index (χ3v) is 7.18. The molecule has 0 amide bonds. The number of benzene rings is 3. The number of aliphatic carboxylic acids is 1. The Morgan fingerprint density at radius 1 is 0.972 bits per heavy atom. The van der Waals surface area contributed by atoms with Crippen LogP contribution in [0.2, 0.25) is 10.0 Å². The van der Waals surface area contributed by atoms with Crippen molar-refractivity contribution in [3.8, 4) is 17.2 Å². The Hall–Kier alpha value is -2.93. The molecule has 1 fully saturated rings. The number of carbonyl (C=O) groups is 1. The first-order valence-electron chi connectivity index (χ1n) is 11.8. The summed E-state index contributed by atoms with van der Waals surface area (Å²) in [5.41, 5.74) is 2.65. The minimum atomic E-state index is -0.846. The van der Waals surface area contributed by atoms with Gasteiger partial charge in [0, 0.05) is 0 Å². The van der Waals surface area contributed by atoms with Gasteiger partial charge in [-0.15, -0.1) is 0 Å². The first-order valence-corrected chi connectivity index (χ1v) is 12.5. The quantitative estimate of drug-likeness (QED) is 0.336. The van der Waals surface area contributed by atoms with Crippen LogP contribution in [-0.2, 0) is 11.4 Å². The molecule has 2 atom stereocenters. The molecule has 3 aromatic carbocycles. The van der Waals surface area contributed by atoms with Crippen LogP contribution in [0.15, 0.2) is 60.7 Å². The van der Waals surface area contributed by atoms with Crippen LogP contribution in [-0.4, -0.2) is 42.8 Å². The fourth-order valence-electron chi connectivity index (χ4n) is 4.72. The zero-order chi connectivity index (χ0) is 25.7. The van der Waals surface area contributed by atoms with E-state index in [0.29, 0.717) is 46.9 Å². The maximum atomic E-state index is 12.2. The molecule has 1 aliphatic heterocycles. The number of nitrogens with zero attached hydrogens (tertiary/aromatic N) is 1. The van der Waals surface area contributed by atoms with E-state index in [1.807, 2.05) is 53.4 Å². The Bertz CT molecular complexity index is 1180. The number of ether oxygens (including phenoxy) is 3. The fourth-order valence-corrected chi connectivity index (χ4v) is 5.02. The summed E-state index contributed by atoms with van der Waals surface area (Å²) < 4.78 is 17.6. The normalized spacial score (nSPS) is 16.8. The molecule has 1 heterocycles. The second kappa shape index (κ2) is 11.9. The van der Waals surface area contributed by atoms with Crippen molar-refractivity contribution in [1.29, 1.82) is 0 Å². The molecule has 2 unspecified atom stereocenters. The summed E-state index contributed by atoms with van der Waals surface area (Å²) in [6.07, 6.45) is 2.33. The van der Waals surface area contributed by atoms with Crippen molar-refractivity contribution in [3.05, 3.63) is 87.4 Å². The third kappa shape index (κ3) is 5.72. The fraction of sp³-hybridized carbons (Fsp3) is 0.321. The molecule has 1 saturated heterocycles. The van der Waals surface area contributed by atoms with Gasteiger partial charge in [0.25, 0.3) is 0 Å². The highest BCUT2D eigenvalue weighted by atomic mass is 35.5. The monoisotopic (exact) mass is 529 g/mol. The lowest BCUT2D eigenvalue weighted by atomic mass is 9.91. The second-order valence-corrected chi connectivity index (χ2v) is 9.51. The Balaban J connectivity index is 1.80. The highest BCUT2D eigenvalue weighted by Crippen LogP contribution is 2.44. The molecule has 0 radical (unpaired) electrons. The number of halogens is 2. The molecular weight excluding hydrogens is 501 g/mol. The number of rotatable bonds is 9. The molecule has 1 aliphatic rings. The zero-order valence-electron chi connectivity index (χ0n) is 20.2. The van der Waals surface area contributed by atoms with Crippen molar-refractivity contribution in [2.75, 3.05) is 20.8 Å². The van der Waals surface area contributed by atoms with Gasteiger partial charge < -0.3 is 19.3 Å². The summed E-state index contributed by atoms with van der Waals surface area (Å²) in [7, 11) is 3.14. The second-order valence-electron chi connectivity index (χ2n) is 8.69. The van der Waals surface area contributed by atoms with E-state index in [1.165, 1.54) is 0 Å². The predicted molar refractivity (Wildman–Crippen MR) is 141 cm³/mol. The van der Waals surface area contributed by atoms with Crippen LogP contribution in [0.5, 0.6) is 17.2 Å². The number of methoxy groups -OCH3 is 2. The Morgan fingerprint density at radius 2 is 1.67 bits per heavy atom. The van der Waals surface area contributed by atoms with Gasteiger partial charge in [-0.25, -0.2) is 0 Å². The first kappa shape index (κ1) is 26.1. The molecule has 8 heteroatoms. The van der Waals surface area contributed by atoms with Gasteiger partial charge in [0.2, 0.25) is 5.75 Å². The van der Waals surface area contributed by atoms with Gasteiger partial charge in [0.15, 0.2) is 11.5 Å². The number of carboxylic acids is 1.